The summed E-state index contributed by atoms with van der Waals surface area (Å²) in [4.78, 5) is 16.3. The molecule has 0 atom stereocenters. The van der Waals surface area contributed by atoms with E-state index in [0.29, 0.717) is 12.2 Å². The number of amides is 1. The maximum Gasteiger partial charge on any atom is 0.276 e. The molecule has 1 amide bonds. The molecule has 8 nitrogen and oxygen atoms in total. The third-order valence-corrected chi connectivity index (χ3v) is 3.96. The summed E-state index contributed by atoms with van der Waals surface area (Å²) in [5, 5.41) is 11.4. The quantitative estimate of drug-likeness (QED) is 0.811. The maximum absolute atomic E-state index is 12.4. The largest absolute Gasteiger partial charge is 0.472 e. The summed E-state index contributed by atoms with van der Waals surface area (Å²) in [5.41, 5.74) is 1.32. The van der Waals surface area contributed by atoms with Crippen LogP contribution in [0.2, 0.25) is 0 Å². The molecule has 0 bridgehead atoms. The molecule has 0 aromatic carbocycles. The highest BCUT2D eigenvalue weighted by molar-refractivity contribution is 5.91. The minimum Gasteiger partial charge on any atom is -0.472 e. The van der Waals surface area contributed by atoms with E-state index < -0.39 is 0 Å². The number of hydrogen-bond donors (Lipinski definition) is 1. The summed E-state index contributed by atoms with van der Waals surface area (Å²) >= 11 is 0. The first-order valence-electron chi connectivity index (χ1n) is 7.82. The van der Waals surface area contributed by atoms with Crippen LogP contribution < -0.4 is 5.32 Å². The second kappa shape index (κ2) is 7.38. The summed E-state index contributed by atoms with van der Waals surface area (Å²) in [5.74, 6) is -0.139. The van der Waals surface area contributed by atoms with E-state index in [9.17, 15) is 4.79 Å². The van der Waals surface area contributed by atoms with Gasteiger partial charge in [-0.05, 0) is 6.07 Å². The van der Waals surface area contributed by atoms with Crippen molar-refractivity contribution >= 4 is 5.91 Å². The van der Waals surface area contributed by atoms with Crippen molar-refractivity contribution in [3.63, 3.8) is 0 Å². The zero-order valence-electron chi connectivity index (χ0n) is 13.3. The molecule has 124 valence electrons. The lowest BCUT2D eigenvalue weighted by Gasteiger charge is -2.26. The molecule has 2 aromatic heterocycles. The van der Waals surface area contributed by atoms with E-state index in [1.165, 1.54) is 0 Å². The number of aromatic nitrogens is 3. The number of rotatable bonds is 6. The standard InChI is InChI=1S/C15H22N6O2/c1-19(10-13-2-9-23-12-13)15(22)14-11-21(18-17-14)8-7-20-5-3-16-4-6-20/h2,9,11-12,16H,3-8,10H2,1H3. The third kappa shape index (κ3) is 4.17. The smallest absolute Gasteiger partial charge is 0.276 e. The van der Waals surface area contributed by atoms with Gasteiger partial charge in [-0.15, -0.1) is 5.10 Å². The minimum absolute atomic E-state index is 0.139. The fourth-order valence-electron chi connectivity index (χ4n) is 2.61. The van der Waals surface area contributed by atoms with Crippen LogP contribution in [-0.2, 0) is 13.1 Å². The van der Waals surface area contributed by atoms with Crippen molar-refractivity contribution in [3.05, 3.63) is 36.0 Å². The van der Waals surface area contributed by atoms with Gasteiger partial charge in [0.05, 0.1) is 25.3 Å². The number of piperazine rings is 1. The summed E-state index contributed by atoms with van der Waals surface area (Å²) in [6.07, 6.45) is 4.95. The second-order valence-electron chi connectivity index (χ2n) is 5.75. The first kappa shape index (κ1) is 15.7. The van der Waals surface area contributed by atoms with Gasteiger partial charge in [0.15, 0.2) is 5.69 Å². The molecule has 0 spiro atoms. The normalized spacial score (nSPS) is 15.7. The number of hydrogen-bond acceptors (Lipinski definition) is 6. The van der Waals surface area contributed by atoms with Gasteiger partial charge in [0, 0.05) is 51.9 Å². The lowest BCUT2D eigenvalue weighted by Crippen LogP contribution is -2.44. The topological polar surface area (TPSA) is 79.4 Å². The molecule has 0 unspecified atom stereocenters. The molecular formula is C15H22N6O2. The van der Waals surface area contributed by atoms with Crippen LogP contribution in [0.4, 0.5) is 0 Å². The van der Waals surface area contributed by atoms with Crippen molar-refractivity contribution in [1.29, 1.82) is 0 Å². The molecule has 1 aliphatic heterocycles. The molecular weight excluding hydrogens is 296 g/mol. The van der Waals surface area contributed by atoms with Crippen LogP contribution in [0.25, 0.3) is 0 Å². The zero-order valence-corrected chi connectivity index (χ0v) is 13.3. The number of carbonyl (C=O) groups excluding carboxylic acids is 1. The van der Waals surface area contributed by atoms with Crippen molar-refractivity contribution in [2.24, 2.45) is 0 Å². The Labute approximate surface area is 135 Å². The van der Waals surface area contributed by atoms with Crippen LogP contribution in [0.15, 0.2) is 29.2 Å². The Morgan fingerprint density at radius 2 is 2.22 bits per heavy atom. The van der Waals surface area contributed by atoms with E-state index in [4.69, 9.17) is 4.42 Å². The Hall–Kier alpha value is -2.19. The second-order valence-corrected chi connectivity index (χ2v) is 5.75. The first-order chi connectivity index (χ1) is 11.2. The Bertz CT molecular complexity index is 618. The number of furan rings is 1. The van der Waals surface area contributed by atoms with Crippen molar-refractivity contribution < 1.29 is 9.21 Å². The Morgan fingerprint density at radius 3 is 2.96 bits per heavy atom. The maximum atomic E-state index is 12.4. The van der Waals surface area contributed by atoms with Crippen LogP contribution in [0.5, 0.6) is 0 Å². The molecule has 0 aliphatic carbocycles. The van der Waals surface area contributed by atoms with Crippen molar-refractivity contribution in [1.82, 2.24) is 30.1 Å². The van der Waals surface area contributed by atoms with Crippen LogP contribution in [-0.4, -0.2) is 70.5 Å². The van der Waals surface area contributed by atoms with E-state index in [2.05, 4.69) is 20.5 Å². The highest BCUT2D eigenvalue weighted by Gasteiger charge is 2.17. The fourth-order valence-corrected chi connectivity index (χ4v) is 2.61. The third-order valence-electron chi connectivity index (χ3n) is 3.96. The van der Waals surface area contributed by atoms with Crippen molar-refractivity contribution in [2.45, 2.75) is 13.1 Å². The Balaban J connectivity index is 1.52. The van der Waals surface area contributed by atoms with Crippen molar-refractivity contribution in [2.75, 3.05) is 39.8 Å². The summed E-state index contributed by atoms with van der Waals surface area (Å²) in [7, 11) is 1.75. The zero-order chi connectivity index (χ0) is 16.1. The molecule has 0 radical (unpaired) electrons. The highest BCUT2D eigenvalue weighted by atomic mass is 16.3. The van der Waals surface area contributed by atoms with E-state index in [-0.39, 0.29) is 5.91 Å². The van der Waals surface area contributed by atoms with E-state index in [1.54, 1.807) is 35.4 Å². The van der Waals surface area contributed by atoms with Gasteiger partial charge in [0.2, 0.25) is 0 Å². The average molecular weight is 318 g/mol. The molecule has 1 N–H and O–H groups in total. The highest BCUT2D eigenvalue weighted by Crippen LogP contribution is 2.07. The molecule has 1 saturated heterocycles. The predicted octanol–water partition coefficient (Wildman–Crippen LogP) is 0.0485. The molecule has 2 aromatic rings. The number of nitrogens with zero attached hydrogens (tertiary/aromatic N) is 5. The average Bonchev–Trinajstić information content (AvgIpc) is 3.25. The summed E-state index contributed by atoms with van der Waals surface area (Å²) in [6.45, 7) is 6.31. The van der Waals surface area contributed by atoms with E-state index in [1.807, 2.05) is 6.07 Å². The van der Waals surface area contributed by atoms with E-state index in [0.717, 1.165) is 44.8 Å². The van der Waals surface area contributed by atoms with Gasteiger partial charge in [0.25, 0.3) is 5.91 Å². The Morgan fingerprint density at radius 1 is 1.39 bits per heavy atom. The van der Waals surface area contributed by atoms with Crippen LogP contribution in [0.1, 0.15) is 16.1 Å². The van der Waals surface area contributed by atoms with Gasteiger partial charge in [-0.3, -0.25) is 14.4 Å². The summed E-state index contributed by atoms with van der Waals surface area (Å²) < 4.78 is 6.75. The number of nitrogens with one attached hydrogen (secondary N) is 1. The predicted molar refractivity (Wildman–Crippen MR) is 83.8 cm³/mol. The molecule has 3 heterocycles. The van der Waals surface area contributed by atoms with E-state index >= 15 is 0 Å². The molecule has 0 saturated carbocycles. The lowest BCUT2D eigenvalue weighted by atomic mass is 10.3. The van der Waals surface area contributed by atoms with Gasteiger partial charge in [-0.2, -0.15) is 0 Å². The van der Waals surface area contributed by atoms with Gasteiger partial charge < -0.3 is 14.6 Å². The SMILES string of the molecule is CN(Cc1ccoc1)C(=O)c1cn(CCN2CCNCC2)nn1. The molecule has 8 heteroatoms. The van der Waals surface area contributed by atoms with Gasteiger partial charge >= 0.3 is 0 Å². The minimum atomic E-state index is -0.139. The summed E-state index contributed by atoms with van der Waals surface area (Å²) in [6, 6.07) is 1.84. The van der Waals surface area contributed by atoms with Gasteiger partial charge in [0.1, 0.15) is 0 Å². The lowest BCUT2D eigenvalue weighted by molar-refractivity contribution is 0.0779. The van der Waals surface area contributed by atoms with Gasteiger partial charge in [-0.25, -0.2) is 0 Å². The molecule has 23 heavy (non-hydrogen) atoms. The van der Waals surface area contributed by atoms with Crippen LogP contribution in [0, 0.1) is 0 Å². The first-order valence-corrected chi connectivity index (χ1v) is 7.82. The van der Waals surface area contributed by atoms with Gasteiger partial charge in [-0.1, -0.05) is 5.21 Å². The van der Waals surface area contributed by atoms with Crippen molar-refractivity contribution in [3.8, 4) is 0 Å². The monoisotopic (exact) mass is 318 g/mol. The molecule has 1 fully saturated rings. The number of carbonyl (C=O) groups is 1. The van der Waals surface area contributed by atoms with Crippen LogP contribution in [0.3, 0.4) is 0 Å². The Kier molecular flexibility index (Phi) is 5.04. The fraction of sp³-hybridized carbons (Fsp3) is 0.533. The molecule has 1 aliphatic rings. The molecule has 3 rings (SSSR count). The van der Waals surface area contributed by atoms with Crippen LogP contribution >= 0.6 is 0 Å².